The average Bonchev–Trinajstić information content (AvgIpc) is 3.14. The Labute approximate surface area is 146 Å². The molecular formula is C16H12N3O7-. The molecular weight excluding hydrogens is 346 g/mol. The van der Waals surface area contributed by atoms with Crippen LogP contribution in [0.3, 0.4) is 0 Å². The Balaban J connectivity index is 2.26. The van der Waals surface area contributed by atoms with Gasteiger partial charge in [-0.05, 0) is 35.9 Å². The zero-order valence-corrected chi connectivity index (χ0v) is 13.1. The summed E-state index contributed by atoms with van der Waals surface area (Å²) >= 11 is 0. The van der Waals surface area contributed by atoms with Crippen molar-refractivity contribution < 1.29 is 28.8 Å². The minimum absolute atomic E-state index is 0.0627. The van der Waals surface area contributed by atoms with E-state index >= 15 is 0 Å². The molecule has 0 aliphatic heterocycles. The number of nitro benzene ring substituents is 1. The van der Waals surface area contributed by atoms with Crippen LogP contribution in [0, 0.1) is 10.1 Å². The molecule has 0 atom stereocenters. The van der Waals surface area contributed by atoms with Crippen LogP contribution >= 0.6 is 0 Å². The van der Waals surface area contributed by atoms with Gasteiger partial charge in [-0.2, -0.15) is 0 Å². The Hall–Kier alpha value is -3.95. The lowest BCUT2D eigenvalue weighted by Crippen LogP contribution is -2.41. The summed E-state index contributed by atoms with van der Waals surface area (Å²) < 4.78 is 4.92. The number of nitro groups is 1. The van der Waals surface area contributed by atoms with Crippen LogP contribution in [0.15, 0.2) is 52.8 Å². The smallest absolute Gasteiger partial charge is 0.291 e. The highest BCUT2D eigenvalue weighted by atomic mass is 16.6. The van der Waals surface area contributed by atoms with Crippen molar-refractivity contribution >= 4 is 29.5 Å². The number of carbonyl (C=O) groups is 3. The Bertz CT molecular complexity index is 854. The monoisotopic (exact) mass is 358 g/mol. The van der Waals surface area contributed by atoms with Crippen LogP contribution in [-0.4, -0.2) is 29.3 Å². The van der Waals surface area contributed by atoms with Crippen molar-refractivity contribution in [2.45, 2.75) is 0 Å². The normalized spacial score (nSPS) is 10.8. The molecule has 0 fully saturated rings. The number of nitrogens with one attached hydrogen (secondary N) is 2. The summed E-state index contributed by atoms with van der Waals surface area (Å²) in [7, 11) is 0. The molecule has 0 unspecified atom stereocenters. The van der Waals surface area contributed by atoms with Crippen molar-refractivity contribution in [1.82, 2.24) is 10.6 Å². The molecule has 1 heterocycles. The van der Waals surface area contributed by atoms with E-state index < -0.39 is 29.3 Å². The molecule has 0 radical (unpaired) electrons. The van der Waals surface area contributed by atoms with Crippen molar-refractivity contribution in [1.29, 1.82) is 0 Å². The largest absolute Gasteiger partial charge is 0.548 e. The van der Waals surface area contributed by atoms with Crippen LogP contribution < -0.4 is 15.7 Å². The summed E-state index contributed by atoms with van der Waals surface area (Å²) in [6, 6.07) is 8.02. The summed E-state index contributed by atoms with van der Waals surface area (Å²) in [5.74, 6) is -3.18. The summed E-state index contributed by atoms with van der Waals surface area (Å²) in [6.07, 6.45) is 2.50. The van der Waals surface area contributed by atoms with Crippen LogP contribution in [-0.2, 0) is 9.59 Å². The third kappa shape index (κ3) is 5.03. The molecule has 134 valence electrons. The van der Waals surface area contributed by atoms with Gasteiger partial charge in [0.05, 0.1) is 23.7 Å². The molecule has 0 bridgehead atoms. The van der Waals surface area contributed by atoms with Crippen molar-refractivity contribution in [2.75, 3.05) is 6.54 Å². The predicted octanol–water partition coefficient (Wildman–Crippen LogP) is -0.175. The van der Waals surface area contributed by atoms with E-state index in [0.717, 1.165) is 0 Å². The number of carboxylic acids is 1. The molecule has 0 saturated heterocycles. The lowest BCUT2D eigenvalue weighted by molar-refractivity contribution is -0.384. The van der Waals surface area contributed by atoms with Crippen LogP contribution in [0.5, 0.6) is 0 Å². The molecule has 10 heteroatoms. The third-order valence-electron chi connectivity index (χ3n) is 3.05. The molecule has 1 aromatic heterocycles. The van der Waals surface area contributed by atoms with Gasteiger partial charge in [-0.25, -0.2) is 0 Å². The minimum Gasteiger partial charge on any atom is -0.548 e. The average molecular weight is 358 g/mol. The van der Waals surface area contributed by atoms with Crippen molar-refractivity contribution in [2.24, 2.45) is 0 Å². The number of aliphatic carboxylic acids is 1. The van der Waals surface area contributed by atoms with Gasteiger partial charge in [0.25, 0.3) is 17.5 Å². The molecule has 0 spiro atoms. The number of non-ortho nitro benzene ring substituents is 1. The standard InChI is InChI=1S/C16H13N3O7/c20-14(21)9-17-15(22)12(18-16(23)13-2-1-7-26-13)8-10-3-5-11(6-4-10)19(24)25/h1-8H,9H2,(H,17,22)(H,18,23)(H,20,21)/p-1/b12-8-. The molecule has 2 amide bonds. The van der Waals surface area contributed by atoms with Crippen LogP contribution in [0.25, 0.3) is 6.08 Å². The zero-order chi connectivity index (χ0) is 19.1. The SMILES string of the molecule is O=C([O-])CNC(=O)/C(=C/c1ccc([N+](=O)[O-])cc1)NC(=O)c1ccco1. The highest BCUT2D eigenvalue weighted by molar-refractivity contribution is 6.04. The maximum absolute atomic E-state index is 12.1. The van der Waals surface area contributed by atoms with E-state index in [0.29, 0.717) is 5.56 Å². The lowest BCUT2D eigenvalue weighted by Gasteiger charge is -2.10. The molecule has 10 nitrogen and oxygen atoms in total. The highest BCUT2D eigenvalue weighted by Gasteiger charge is 2.16. The number of furan rings is 1. The van der Waals surface area contributed by atoms with Gasteiger partial charge in [-0.3, -0.25) is 19.7 Å². The highest BCUT2D eigenvalue weighted by Crippen LogP contribution is 2.14. The van der Waals surface area contributed by atoms with Gasteiger partial charge in [0, 0.05) is 12.1 Å². The quantitative estimate of drug-likeness (QED) is 0.395. The Morgan fingerprint density at radius 3 is 2.38 bits per heavy atom. The molecule has 0 saturated carbocycles. The first kappa shape index (κ1) is 18.4. The first-order chi connectivity index (χ1) is 12.4. The third-order valence-corrected chi connectivity index (χ3v) is 3.05. The first-order valence-corrected chi connectivity index (χ1v) is 7.16. The number of amides is 2. The summed E-state index contributed by atoms with van der Waals surface area (Å²) in [5, 5.41) is 25.5. The molecule has 1 aromatic carbocycles. The fraction of sp³-hybridized carbons (Fsp3) is 0.0625. The van der Waals surface area contributed by atoms with E-state index in [9.17, 15) is 29.6 Å². The van der Waals surface area contributed by atoms with Gasteiger partial charge >= 0.3 is 0 Å². The second-order valence-corrected chi connectivity index (χ2v) is 4.89. The second-order valence-electron chi connectivity index (χ2n) is 4.89. The van der Waals surface area contributed by atoms with Gasteiger partial charge in [0.15, 0.2) is 5.76 Å². The summed E-state index contributed by atoms with van der Waals surface area (Å²) in [6.45, 7) is -0.757. The lowest BCUT2D eigenvalue weighted by atomic mass is 10.1. The number of nitrogens with zero attached hydrogens (tertiary/aromatic N) is 1. The van der Waals surface area contributed by atoms with E-state index in [1.807, 2.05) is 0 Å². The van der Waals surface area contributed by atoms with E-state index in [1.54, 1.807) is 0 Å². The number of benzene rings is 1. The molecule has 2 aromatic rings. The fourth-order valence-electron chi connectivity index (χ4n) is 1.86. The topological polar surface area (TPSA) is 155 Å². The van der Waals surface area contributed by atoms with Crippen molar-refractivity contribution in [3.63, 3.8) is 0 Å². The molecule has 2 rings (SSSR count). The van der Waals surface area contributed by atoms with Gasteiger partial charge in [-0.15, -0.1) is 0 Å². The van der Waals surface area contributed by atoms with Gasteiger partial charge < -0.3 is 25.0 Å². The maximum Gasteiger partial charge on any atom is 0.291 e. The molecule has 2 N–H and O–H groups in total. The number of hydrogen-bond acceptors (Lipinski definition) is 7. The number of carboxylic acid groups (broad SMARTS) is 1. The Kier molecular flexibility index (Phi) is 5.83. The summed E-state index contributed by atoms with van der Waals surface area (Å²) in [4.78, 5) is 44.7. The van der Waals surface area contributed by atoms with Crippen LogP contribution in [0.1, 0.15) is 16.1 Å². The number of carbonyl (C=O) groups excluding carboxylic acids is 3. The first-order valence-electron chi connectivity index (χ1n) is 7.16. The summed E-state index contributed by atoms with van der Waals surface area (Å²) in [5.41, 5.74) is -0.0554. The van der Waals surface area contributed by atoms with Crippen LogP contribution in [0.2, 0.25) is 0 Å². The van der Waals surface area contributed by atoms with Gasteiger partial charge in [0.2, 0.25) is 0 Å². The van der Waals surface area contributed by atoms with E-state index in [4.69, 9.17) is 4.42 Å². The molecule has 0 aliphatic carbocycles. The second kappa shape index (κ2) is 8.24. The number of rotatable bonds is 7. The van der Waals surface area contributed by atoms with E-state index in [1.165, 1.54) is 48.7 Å². The van der Waals surface area contributed by atoms with E-state index in [2.05, 4.69) is 10.6 Å². The molecule has 26 heavy (non-hydrogen) atoms. The van der Waals surface area contributed by atoms with Crippen molar-refractivity contribution in [3.8, 4) is 0 Å². The number of hydrogen-bond donors (Lipinski definition) is 2. The van der Waals surface area contributed by atoms with Crippen molar-refractivity contribution in [3.05, 3.63) is 69.8 Å². The zero-order valence-electron chi connectivity index (χ0n) is 13.1. The predicted molar refractivity (Wildman–Crippen MR) is 85.3 cm³/mol. The molecule has 0 aliphatic rings. The van der Waals surface area contributed by atoms with E-state index in [-0.39, 0.29) is 17.1 Å². The van der Waals surface area contributed by atoms with Crippen LogP contribution in [0.4, 0.5) is 5.69 Å². The fourth-order valence-corrected chi connectivity index (χ4v) is 1.86. The van der Waals surface area contributed by atoms with Gasteiger partial charge in [0.1, 0.15) is 5.70 Å². The van der Waals surface area contributed by atoms with Gasteiger partial charge in [-0.1, -0.05) is 0 Å². The maximum atomic E-state index is 12.1. The Morgan fingerprint density at radius 1 is 1.15 bits per heavy atom. The minimum atomic E-state index is -1.51. The Morgan fingerprint density at radius 2 is 1.85 bits per heavy atom.